The Labute approximate surface area is 207 Å². The van der Waals surface area contributed by atoms with E-state index < -0.39 is 10.0 Å². The molecular formula is C24H35ClN4O4S. The van der Waals surface area contributed by atoms with Crippen LogP contribution in [0.15, 0.2) is 18.2 Å². The Morgan fingerprint density at radius 3 is 2.65 bits per heavy atom. The van der Waals surface area contributed by atoms with Crippen LogP contribution in [0.4, 0.5) is 0 Å². The van der Waals surface area contributed by atoms with Crippen LogP contribution >= 0.6 is 11.6 Å². The van der Waals surface area contributed by atoms with Crippen LogP contribution < -0.4 is 0 Å². The molecule has 1 aromatic carbocycles. The van der Waals surface area contributed by atoms with E-state index in [4.69, 9.17) is 26.5 Å². The van der Waals surface area contributed by atoms with Crippen LogP contribution in [0, 0.1) is 0 Å². The SMILES string of the molecule is CS(=O)(=O)N1CCc2c(c(-c3ccc(Cl)c(CCCCO)c3)nn2CCCN2CCOCC2)C1. The van der Waals surface area contributed by atoms with Crippen molar-refractivity contribution in [2.45, 2.75) is 45.2 Å². The summed E-state index contributed by atoms with van der Waals surface area (Å²) in [4.78, 5) is 2.42. The highest BCUT2D eigenvalue weighted by Crippen LogP contribution is 2.33. The van der Waals surface area contributed by atoms with Crippen molar-refractivity contribution < 1.29 is 18.3 Å². The smallest absolute Gasteiger partial charge is 0.211 e. The molecule has 3 heterocycles. The molecule has 188 valence electrons. The number of hydrogen-bond acceptors (Lipinski definition) is 6. The first-order chi connectivity index (χ1) is 16.4. The van der Waals surface area contributed by atoms with Gasteiger partial charge in [0, 0.05) is 74.1 Å². The molecule has 0 aliphatic carbocycles. The molecule has 0 atom stereocenters. The molecule has 8 nitrogen and oxygen atoms in total. The van der Waals surface area contributed by atoms with Crippen LogP contribution in [0.2, 0.25) is 5.02 Å². The Morgan fingerprint density at radius 1 is 1.12 bits per heavy atom. The van der Waals surface area contributed by atoms with Gasteiger partial charge in [0.05, 0.1) is 25.2 Å². The lowest BCUT2D eigenvalue weighted by molar-refractivity contribution is 0.0368. The number of rotatable bonds is 10. The van der Waals surface area contributed by atoms with Crippen molar-refractivity contribution in [3.05, 3.63) is 40.0 Å². The molecule has 0 bridgehead atoms. The highest BCUT2D eigenvalue weighted by Gasteiger charge is 2.30. The van der Waals surface area contributed by atoms with E-state index in [-0.39, 0.29) is 6.61 Å². The molecule has 0 saturated carbocycles. The Balaban J connectivity index is 1.60. The number of benzene rings is 1. The van der Waals surface area contributed by atoms with Gasteiger partial charge in [-0.1, -0.05) is 17.7 Å². The number of aliphatic hydroxyl groups excluding tert-OH is 1. The van der Waals surface area contributed by atoms with Crippen molar-refractivity contribution >= 4 is 21.6 Å². The molecule has 0 amide bonds. The number of aryl methyl sites for hydroxylation is 2. The minimum Gasteiger partial charge on any atom is -0.396 e. The van der Waals surface area contributed by atoms with Gasteiger partial charge in [0.2, 0.25) is 10.0 Å². The maximum atomic E-state index is 12.3. The summed E-state index contributed by atoms with van der Waals surface area (Å²) >= 11 is 6.45. The van der Waals surface area contributed by atoms with E-state index in [0.29, 0.717) is 24.5 Å². The van der Waals surface area contributed by atoms with Gasteiger partial charge in [-0.3, -0.25) is 9.58 Å². The van der Waals surface area contributed by atoms with Crippen molar-refractivity contribution in [2.75, 3.05) is 52.3 Å². The molecule has 2 aliphatic rings. The molecule has 2 aromatic rings. The normalized spacial score (nSPS) is 17.7. The highest BCUT2D eigenvalue weighted by molar-refractivity contribution is 7.88. The summed E-state index contributed by atoms with van der Waals surface area (Å²) in [5, 5.41) is 14.8. The van der Waals surface area contributed by atoms with Crippen LogP contribution in [-0.4, -0.2) is 84.8 Å². The number of sulfonamides is 1. The number of nitrogens with zero attached hydrogens (tertiary/aromatic N) is 4. The van der Waals surface area contributed by atoms with E-state index in [0.717, 1.165) is 93.2 Å². The number of aliphatic hydroxyl groups is 1. The summed E-state index contributed by atoms with van der Waals surface area (Å²) in [6.45, 7) is 6.31. The molecule has 0 spiro atoms. The molecular weight excluding hydrogens is 476 g/mol. The Kier molecular flexibility index (Phi) is 8.66. The first kappa shape index (κ1) is 25.6. The third-order valence-corrected chi connectivity index (χ3v) is 8.31. The number of hydrogen-bond donors (Lipinski definition) is 1. The van der Waals surface area contributed by atoms with Gasteiger partial charge in [-0.2, -0.15) is 9.40 Å². The van der Waals surface area contributed by atoms with Crippen molar-refractivity contribution in [1.29, 1.82) is 0 Å². The molecule has 34 heavy (non-hydrogen) atoms. The summed E-state index contributed by atoms with van der Waals surface area (Å²) in [6, 6.07) is 5.93. The van der Waals surface area contributed by atoms with E-state index in [9.17, 15) is 8.42 Å². The summed E-state index contributed by atoms with van der Waals surface area (Å²) < 4.78 is 33.6. The van der Waals surface area contributed by atoms with Crippen LogP contribution in [0.25, 0.3) is 11.3 Å². The average Bonchev–Trinajstić information content (AvgIpc) is 3.18. The fourth-order valence-corrected chi connectivity index (χ4v) is 5.77. The van der Waals surface area contributed by atoms with E-state index in [2.05, 4.69) is 15.6 Å². The van der Waals surface area contributed by atoms with Crippen molar-refractivity contribution in [3.8, 4) is 11.3 Å². The second-order valence-electron chi connectivity index (χ2n) is 9.14. The summed E-state index contributed by atoms with van der Waals surface area (Å²) in [5.74, 6) is 0. The molecule has 10 heteroatoms. The van der Waals surface area contributed by atoms with Crippen molar-refractivity contribution in [3.63, 3.8) is 0 Å². The van der Waals surface area contributed by atoms with Gasteiger partial charge < -0.3 is 9.84 Å². The number of aromatic nitrogens is 2. The van der Waals surface area contributed by atoms with Gasteiger partial charge >= 0.3 is 0 Å². The van der Waals surface area contributed by atoms with E-state index in [1.54, 1.807) is 0 Å². The summed E-state index contributed by atoms with van der Waals surface area (Å²) in [7, 11) is -3.29. The molecule has 4 rings (SSSR count). The first-order valence-corrected chi connectivity index (χ1v) is 14.3. The highest BCUT2D eigenvalue weighted by atomic mass is 35.5. The largest absolute Gasteiger partial charge is 0.396 e. The van der Waals surface area contributed by atoms with Gasteiger partial charge in [0.1, 0.15) is 0 Å². The monoisotopic (exact) mass is 510 g/mol. The third kappa shape index (κ3) is 6.19. The van der Waals surface area contributed by atoms with Gasteiger partial charge in [-0.25, -0.2) is 8.42 Å². The van der Waals surface area contributed by atoms with Crippen LogP contribution in [0.1, 0.15) is 36.1 Å². The van der Waals surface area contributed by atoms with E-state index in [1.165, 1.54) is 10.6 Å². The first-order valence-electron chi connectivity index (χ1n) is 12.1. The predicted molar refractivity (Wildman–Crippen MR) is 134 cm³/mol. The minimum absolute atomic E-state index is 0.168. The Hall–Kier alpha value is -1.49. The number of fused-ring (bicyclic) bond motifs is 1. The molecule has 0 unspecified atom stereocenters. The zero-order valence-electron chi connectivity index (χ0n) is 19.9. The topological polar surface area (TPSA) is 87.9 Å². The fraction of sp³-hybridized carbons (Fsp3) is 0.625. The number of morpholine rings is 1. The lowest BCUT2D eigenvalue weighted by atomic mass is 9.99. The maximum Gasteiger partial charge on any atom is 0.211 e. The van der Waals surface area contributed by atoms with Gasteiger partial charge in [-0.05, 0) is 43.4 Å². The molecule has 1 N–H and O–H groups in total. The number of ether oxygens (including phenoxy) is 1. The molecule has 1 saturated heterocycles. The average molecular weight is 511 g/mol. The fourth-order valence-electron chi connectivity index (χ4n) is 4.78. The minimum atomic E-state index is -3.29. The third-order valence-electron chi connectivity index (χ3n) is 6.69. The van der Waals surface area contributed by atoms with Crippen LogP contribution in [0.5, 0.6) is 0 Å². The molecule has 1 fully saturated rings. The zero-order chi connectivity index (χ0) is 24.1. The predicted octanol–water partition coefficient (Wildman–Crippen LogP) is 2.56. The standard InChI is InChI=1S/C24H35ClN4O4S/c1-34(31,32)28-11-8-23-21(18-28)24(20-6-7-22(25)19(17-20)5-2-3-14-30)26-29(23)10-4-9-27-12-15-33-16-13-27/h6-7,17,30H,2-5,8-16,18H2,1H3. The van der Waals surface area contributed by atoms with Crippen molar-refractivity contribution in [2.24, 2.45) is 0 Å². The zero-order valence-corrected chi connectivity index (χ0v) is 21.5. The molecule has 2 aliphatic heterocycles. The Bertz CT molecular complexity index is 1080. The molecule has 0 radical (unpaired) electrons. The summed E-state index contributed by atoms with van der Waals surface area (Å²) in [6.07, 6.45) is 5.28. The van der Waals surface area contributed by atoms with Crippen LogP contribution in [0.3, 0.4) is 0 Å². The second-order valence-corrected chi connectivity index (χ2v) is 11.5. The van der Waals surface area contributed by atoms with Gasteiger partial charge in [0.15, 0.2) is 0 Å². The number of halogens is 1. The van der Waals surface area contributed by atoms with Crippen LogP contribution in [-0.2, 0) is 40.7 Å². The quantitative estimate of drug-likeness (QED) is 0.494. The van der Waals surface area contributed by atoms with Gasteiger partial charge in [0.25, 0.3) is 0 Å². The van der Waals surface area contributed by atoms with E-state index >= 15 is 0 Å². The lowest BCUT2D eigenvalue weighted by Gasteiger charge is -2.27. The maximum absolute atomic E-state index is 12.3. The second kappa shape index (κ2) is 11.5. The van der Waals surface area contributed by atoms with Crippen molar-refractivity contribution in [1.82, 2.24) is 19.0 Å². The van der Waals surface area contributed by atoms with E-state index in [1.807, 2.05) is 12.1 Å². The Morgan fingerprint density at radius 2 is 1.91 bits per heavy atom. The number of unbranched alkanes of at least 4 members (excludes halogenated alkanes) is 1. The lowest BCUT2D eigenvalue weighted by Crippen LogP contribution is -2.37. The molecule has 1 aromatic heterocycles. The summed E-state index contributed by atoms with van der Waals surface area (Å²) in [5.41, 5.74) is 4.95. The van der Waals surface area contributed by atoms with Gasteiger partial charge in [-0.15, -0.1) is 0 Å².